The van der Waals surface area contributed by atoms with Crippen molar-refractivity contribution >= 4 is 6.03 Å². The number of nitrogens with one attached hydrogen (secondary N) is 1. The van der Waals surface area contributed by atoms with Gasteiger partial charge in [0.15, 0.2) is 5.79 Å². The van der Waals surface area contributed by atoms with E-state index >= 15 is 0 Å². The van der Waals surface area contributed by atoms with Gasteiger partial charge in [0.2, 0.25) is 0 Å². The molecule has 23 heavy (non-hydrogen) atoms. The van der Waals surface area contributed by atoms with Crippen LogP contribution in [0.4, 0.5) is 4.79 Å². The van der Waals surface area contributed by atoms with Gasteiger partial charge in [0.25, 0.3) is 0 Å². The normalized spacial score (nSPS) is 44.0. The van der Waals surface area contributed by atoms with Gasteiger partial charge in [0.1, 0.15) is 0 Å². The van der Waals surface area contributed by atoms with Crippen LogP contribution < -0.4 is 5.32 Å². The molecule has 128 valence electrons. The Morgan fingerprint density at radius 2 is 1.48 bits per heavy atom. The lowest BCUT2D eigenvalue weighted by molar-refractivity contribution is -0.181. The van der Waals surface area contributed by atoms with Crippen molar-refractivity contribution in [2.24, 2.45) is 23.7 Å². The molecule has 0 aromatic heterocycles. The van der Waals surface area contributed by atoms with E-state index < -0.39 is 0 Å². The highest BCUT2D eigenvalue weighted by Gasteiger charge is 2.49. The van der Waals surface area contributed by atoms with Crippen molar-refractivity contribution in [3.63, 3.8) is 0 Å². The Labute approximate surface area is 138 Å². The fourth-order valence-corrected chi connectivity index (χ4v) is 6.23. The van der Waals surface area contributed by atoms with Crippen LogP contribution in [0.2, 0.25) is 0 Å². The average Bonchev–Trinajstić information content (AvgIpc) is 2.99. The van der Waals surface area contributed by atoms with Gasteiger partial charge in [-0.15, -0.1) is 0 Å². The fraction of sp³-hybridized carbons (Fsp3) is 0.944. The molecule has 2 saturated heterocycles. The summed E-state index contributed by atoms with van der Waals surface area (Å²) < 4.78 is 11.5. The molecular weight excluding hydrogens is 292 g/mol. The van der Waals surface area contributed by atoms with Crippen molar-refractivity contribution in [1.82, 2.24) is 10.2 Å². The van der Waals surface area contributed by atoms with Gasteiger partial charge in [-0.05, 0) is 55.8 Å². The summed E-state index contributed by atoms with van der Waals surface area (Å²) in [6.07, 6.45) is 8.48. The molecule has 2 amide bonds. The summed E-state index contributed by atoms with van der Waals surface area (Å²) in [6.45, 7) is 2.89. The largest absolute Gasteiger partial charge is 0.347 e. The number of likely N-dealkylation sites (tertiary alicyclic amines) is 1. The third kappa shape index (κ3) is 2.47. The summed E-state index contributed by atoms with van der Waals surface area (Å²) in [5.41, 5.74) is 0. The number of urea groups is 1. The second-order valence-corrected chi connectivity index (χ2v) is 8.50. The Morgan fingerprint density at radius 3 is 2.04 bits per heavy atom. The van der Waals surface area contributed by atoms with Crippen molar-refractivity contribution in [2.45, 2.75) is 56.8 Å². The first kappa shape index (κ1) is 14.5. The van der Waals surface area contributed by atoms with Crippen LogP contribution >= 0.6 is 0 Å². The molecule has 6 fully saturated rings. The Morgan fingerprint density at radius 1 is 0.913 bits per heavy atom. The van der Waals surface area contributed by atoms with Crippen molar-refractivity contribution in [1.29, 1.82) is 0 Å². The molecule has 1 spiro atoms. The zero-order chi connectivity index (χ0) is 15.4. The smallest absolute Gasteiger partial charge is 0.317 e. The Hall–Kier alpha value is -0.810. The Kier molecular flexibility index (Phi) is 3.38. The first-order valence-electron chi connectivity index (χ1n) is 9.54. The molecule has 6 aliphatic rings. The zero-order valence-corrected chi connectivity index (χ0v) is 13.8. The molecule has 6 rings (SSSR count). The lowest BCUT2D eigenvalue weighted by atomic mass is 9.54. The topological polar surface area (TPSA) is 50.8 Å². The molecule has 0 aromatic rings. The van der Waals surface area contributed by atoms with E-state index in [4.69, 9.17) is 9.47 Å². The van der Waals surface area contributed by atoms with Gasteiger partial charge in [-0.2, -0.15) is 0 Å². The summed E-state index contributed by atoms with van der Waals surface area (Å²) in [6, 6.07) is 0.584. The molecule has 5 nitrogen and oxygen atoms in total. The summed E-state index contributed by atoms with van der Waals surface area (Å²) >= 11 is 0. The summed E-state index contributed by atoms with van der Waals surface area (Å²) in [5.74, 6) is 3.01. The highest BCUT2D eigenvalue weighted by Crippen LogP contribution is 2.53. The number of ether oxygens (including phenoxy) is 2. The van der Waals surface area contributed by atoms with E-state index in [-0.39, 0.29) is 11.8 Å². The van der Waals surface area contributed by atoms with Gasteiger partial charge in [0, 0.05) is 32.0 Å². The number of nitrogens with zero attached hydrogens (tertiary/aromatic N) is 1. The number of carbonyl (C=O) groups excluding carboxylic acids is 1. The molecule has 4 aliphatic carbocycles. The molecule has 4 saturated carbocycles. The summed E-state index contributed by atoms with van der Waals surface area (Å²) in [4.78, 5) is 14.7. The molecule has 0 atom stereocenters. The highest BCUT2D eigenvalue weighted by molar-refractivity contribution is 5.74. The van der Waals surface area contributed by atoms with Crippen molar-refractivity contribution in [3.8, 4) is 0 Å². The zero-order valence-electron chi connectivity index (χ0n) is 13.8. The summed E-state index contributed by atoms with van der Waals surface area (Å²) in [7, 11) is 0. The van der Waals surface area contributed by atoms with Gasteiger partial charge in [-0.1, -0.05) is 0 Å². The molecule has 0 aromatic carbocycles. The molecule has 0 unspecified atom stereocenters. The standard InChI is InChI=1S/C18H28N2O3/c21-17(20-3-1-18(2-4-20)22-5-6-23-18)19-16-14-8-12-7-13(10-14)11-15(16)9-12/h12-16H,1-11H2,(H,19,21). The van der Waals surface area contributed by atoms with E-state index in [0.29, 0.717) is 19.3 Å². The van der Waals surface area contributed by atoms with E-state index in [9.17, 15) is 4.79 Å². The number of amides is 2. The third-order valence-electron chi connectivity index (χ3n) is 7.14. The van der Waals surface area contributed by atoms with Crippen LogP contribution in [-0.2, 0) is 9.47 Å². The number of rotatable bonds is 1. The highest BCUT2D eigenvalue weighted by atomic mass is 16.7. The first-order valence-corrected chi connectivity index (χ1v) is 9.54. The molecule has 2 heterocycles. The monoisotopic (exact) mass is 320 g/mol. The maximum absolute atomic E-state index is 12.7. The molecular formula is C18H28N2O3. The molecule has 5 heteroatoms. The SMILES string of the molecule is O=C(NC1C2CC3CC(C2)CC1C3)N1CCC2(CC1)OCCO2. The van der Waals surface area contributed by atoms with Crippen molar-refractivity contribution in [3.05, 3.63) is 0 Å². The predicted octanol–water partition coefficient (Wildman–Crippen LogP) is 2.36. The van der Waals surface area contributed by atoms with Crippen molar-refractivity contribution < 1.29 is 14.3 Å². The number of hydrogen-bond donors (Lipinski definition) is 1. The summed E-state index contributed by atoms with van der Waals surface area (Å²) in [5, 5.41) is 3.42. The van der Waals surface area contributed by atoms with E-state index in [1.807, 2.05) is 4.90 Å². The number of carbonyl (C=O) groups is 1. The molecule has 2 aliphatic heterocycles. The third-order valence-corrected chi connectivity index (χ3v) is 7.14. The Bertz CT molecular complexity index is 451. The van der Waals surface area contributed by atoms with Gasteiger partial charge in [-0.25, -0.2) is 4.79 Å². The van der Waals surface area contributed by atoms with Crippen LogP contribution in [0.1, 0.15) is 44.9 Å². The van der Waals surface area contributed by atoms with E-state index in [1.165, 1.54) is 32.1 Å². The van der Waals surface area contributed by atoms with Crippen LogP contribution in [0.15, 0.2) is 0 Å². The first-order chi connectivity index (χ1) is 11.2. The minimum atomic E-state index is -0.389. The number of hydrogen-bond acceptors (Lipinski definition) is 3. The van der Waals surface area contributed by atoms with E-state index in [2.05, 4.69) is 5.32 Å². The van der Waals surface area contributed by atoms with E-state index in [0.717, 1.165) is 49.6 Å². The van der Waals surface area contributed by atoms with Gasteiger partial charge in [0.05, 0.1) is 13.2 Å². The quantitative estimate of drug-likeness (QED) is 0.807. The Balaban J connectivity index is 1.19. The lowest BCUT2D eigenvalue weighted by Crippen LogP contribution is -2.59. The van der Waals surface area contributed by atoms with Gasteiger partial charge in [-0.3, -0.25) is 0 Å². The predicted molar refractivity (Wildman–Crippen MR) is 84.8 cm³/mol. The fourth-order valence-electron chi connectivity index (χ4n) is 6.23. The second kappa shape index (κ2) is 5.35. The average molecular weight is 320 g/mol. The van der Waals surface area contributed by atoms with Crippen LogP contribution in [0, 0.1) is 23.7 Å². The van der Waals surface area contributed by atoms with Crippen LogP contribution in [0.5, 0.6) is 0 Å². The minimum absolute atomic E-state index is 0.148. The molecule has 0 radical (unpaired) electrons. The molecule has 4 bridgehead atoms. The van der Waals surface area contributed by atoms with Crippen LogP contribution in [0.3, 0.4) is 0 Å². The minimum Gasteiger partial charge on any atom is -0.347 e. The second-order valence-electron chi connectivity index (χ2n) is 8.50. The molecule has 1 N–H and O–H groups in total. The number of piperidine rings is 1. The lowest BCUT2D eigenvalue weighted by Gasteiger charge is -2.54. The van der Waals surface area contributed by atoms with E-state index in [1.54, 1.807) is 0 Å². The van der Waals surface area contributed by atoms with Crippen LogP contribution in [0.25, 0.3) is 0 Å². The maximum atomic E-state index is 12.7. The maximum Gasteiger partial charge on any atom is 0.317 e. The van der Waals surface area contributed by atoms with Crippen molar-refractivity contribution in [2.75, 3.05) is 26.3 Å². The van der Waals surface area contributed by atoms with Gasteiger partial charge < -0.3 is 19.7 Å². The van der Waals surface area contributed by atoms with Crippen LogP contribution in [-0.4, -0.2) is 49.1 Å². The van der Waals surface area contributed by atoms with Gasteiger partial charge >= 0.3 is 6.03 Å².